The lowest BCUT2D eigenvalue weighted by molar-refractivity contribution is -0.768. The zero-order valence-corrected chi connectivity index (χ0v) is 7.97. The van der Waals surface area contributed by atoms with Gasteiger partial charge in [0.2, 0.25) is 11.7 Å². The molecule has 0 heterocycles. The van der Waals surface area contributed by atoms with Crippen LogP contribution in [-0.2, 0) is 19.2 Å². The van der Waals surface area contributed by atoms with E-state index in [-0.39, 0.29) is 0 Å². The fourth-order valence-electron chi connectivity index (χ4n) is 0.934. The summed E-state index contributed by atoms with van der Waals surface area (Å²) in [6.07, 6.45) is -4.43. The van der Waals surface area contributed by atoms with Gasteiger partial charge in [0.25, 0.3) is 5.09 Å². The van der Waals surface area contributed by atoms with Crippen LogP contribution >= 0.6 is 0 Å². The van der Waals surface area contributed by atoms with Crippen LogP contribution in [-0.4, -0.2) is 55.1 Å². The van der Waals surface area contributed by atoms with E-state index in [4.69, 9.17) is 15.3 Å². The molecule has 0 saturated carbocycles. The zero-order chi connectivity index (χ0) is 13.8. The lowest BCUT2D eigenvalue weighted by Crippen LogP contribution is -2.56. The summed E-state index contributed by atoms with van der Waals surface area (Å²) in [6, 6.07) is 0. The number of nitrogens with zero attached hydrogens (tertiary/aromatic N) is 1. The Morgan fingerprint density at radius 3 is 2.00 bits per heavy atom. The highest BCUT2D eigenvalue weighted by Crippen LogP contribution is 2.20. The van der Waals surface area contributed by atoms with Crippen molar-refractivity contribution < 1.29 is 44.7 Å². The molecule has 0 aliphatic rings. The highest BCUT2D eigenvalue weighted by molar-refractivity contribution is 5.90. The van der Waals surface area contributed by atoms with Crippen LogP contribution in [0.5, 0.6) is 0 Å². The minimum Gasteiger partial charge on any atom is -0.481 e. The van der Waals surface area contributed by atoms with Crippen molar-refractivity contribution in [1.29, 1.82) is 0 Å². The summed E-state index contributed by atoms with van der Waals surface area (Å²) < 4.78 is 0. The van der Waals surface area contributed by atoms with Crippen molar-refractivity contribution in [3.8, 4) is 0 Å². The molecule has 11 nitrogen and oxygen atoms in total. The van der Waals surface area contributed by atoms with Gasteiger partial charge >= 0.3 is 17.9 Å². The summed E-state index contributed by atoms with van der Waals surface area (Å²) in [7, 11) is 0. The minimum atomic E-state index is -3.45. The molecule has 0 fully saturated rings. The molecule has 0 aliphatic heterocycles. The van der Waals surface area contributed by atoms with Crippen LogP contribution < -0.4 is 0 Å². The van der Waals surface area contributed by atoms with Gasteiger partial charge in [-0.25, -0.2) is 9.59 Å². The maximum atomic E-state index is 10.6. The van der Waals surface area contributed by atoms with E-state index in [1.54, 1.807) is 0 Å². The topological polar surface area (TPSA) is 184 Å². The zero-order valence-electron chi connectivity index (χ0n) is 7.97. The molecule has 0 radical (unpaired) electrons. The van der Waals surface area contributed by atoms with Gasteiger partial charge in [-0.1, -0.05) is 0 Å². The standard InChI is InChI=1S/C6H7NO10/c8-2(9)1-6(14,5(12)13)3(4(10)11)17-7(15)16/h3,14H,1H2,(H,8,9)(H,10,11)(H,12,13). The smallest absolute Gasteiger partial charge is 0.339 e. The summed E-state index contributed by atoms with van der Waals surface area (Å²) in [4.78, 5) is 44.8. The van der Waals surface area contributed by atoms with Crippen LogP contribution in [0.25, 0.3) is 0 Å². The number of aliphatic hydroxyl groups is 1. The Hall–Kier alpha value is -2.43. The van der Waals surface area contributed by atoms with Crippen molar-refractivity contribution in [2.24, 2.45) is 0 Å². The minimum absolute atomic E-state index is 1.58. The van der Waals surface area contributed by atoms with Gasteiger partial charge in [-0.2, -0.15) is 0 Å². The van der Waals surface area contributed by atoms with E-state index in [0.717, 1.165) is 0 Å². The largest absolute Gasteiger partial charge is 0.481 e. The molecule has 0 amide bonds. The van der Waals surface area contributed by atoms with E-state index >= 15 is 0 Å². The second kappa shape index (κ2) is 5.07. The number of hydrogen-bond acceptors (Lipinski definition) is 7. The molecule has 0 rings (SSSR count). The molecule has 2 atom stereocenters. The monoisotopic (exact) mass is 253 g/mol. The summed E-state index contributed by atoms with van der Waals surface area (Å²) in [5, 5.41) is 43.0. The average molecular weight is 253 g/mol. The first-order valence-electron chi connectivity index (χ1n) is 3.82. The molecule has 0 aromatic rings. The van der Waals surface area contributed by atoms with Gasteiger partial charge in [-0.05, 0) is 0 Å². The molecule has 0 aromatic heterocycles. The van der Waals surface area contributed by atoms with E-state index in [2.05, 4.69) is 4.84 Å². The summed E-state index contributed by atoms with van der Waals surface area (Å²) >= 11 is 0. The highest BCUT2D eigenvalue weighted by atomic mass is 17.0. The fourth-order valence-corrected chi connectivity index (χ4v) is 0.934. The van der Waals surface area contributed by atoms with Gasteiger partial charge in [0.1, 0.15) is 0 Å². The van der Waals surface area contributed by atoms with Crippen molar-refractivity contribution in [2.45, 2.75) is 18.1 Å². The molecule has 0 aromatic carbocycles. The lowest BCUT2D eigenvalue weighted by Gasteiger charge is -2.25. The summed E-state index contributed by atoms with van der Waals surface area (Å²) in [6.45, 7) is 0. The SMILES string of the molecule is O=C(O)CC(O)(C(=O)O)C(O[N+](=O)[O-])C(=O)O. The lowest BCUT2D eigenvalue weighted by atomic mass is 9.93. The van der Waals surface area contributed by atoms with Crippen LogP contribution in [0.2, 0.25) is 0 Å². The molecule has 2 unspecified atom stereocenters. The molecule has 0 spiro atoms. The molecular weight excluding hydrogens is 246 g/mol. The Labute approximate surface area is 91.9 Å². The van der Waals surface area contributed by atoms with Gasteiger partial charge in [-0.15, -0.1) is 10.1 Å². The second-order valence-corrected chi connectivity index (χ2v) is 2.85. The van der Waals surface area contributed by atoms with Gasteiger partial charge < -0.3 is 20.4 Å². The first-order chi connectivity index (χ1) is 7.61. The number of hydrogen-bond donors (Lipinski definition) is 4. The molecule has 4 N–H and O–H groups in total. The molecular formula is C6H7NO10. The molecule has 96 valence electrons. The predicted molar refractivity (Wildman–Crippen MR) is 44.3 cm³/mol. The van der Waals surface area contributed by atoms with Crippen LogP contribution in [0.3, 0.4) is 0 Å². The van der Waals surface area contributed by atoms with Crippen molar-refractivity contribution in [3.05, 3.63) is 10.1 Å². The van der Waals surface area contributed by atoms with Gasteiger partial charge in [0.05, 0.1) is 6.42 Å². The van der Waals surface area contributed by atoms with Crippen LogP contribution in [0.4, 0.5) is 0 Å². The number of aliphatic carboxylic acids is 3. The van der Waals surface area contributed by atoms with E-state index in [9.17, 15) is 29.6 Å². The third-order valence-corrected chi connectivity index (χ3v) is 1.64. The van der Waals surface area contributed by atoms with Crippen LogP contribution in [0.15, 0.2) is 0 Å². The first kappa shape index (κ1) is 14.6. The predicted octanol–water partition coefficient (Wildman–Crippen LogP) is -2.06. The van der Waals surface area contributed by atoms with E-state index in [0.29, 0.717) is 0 Å². The molecule has 0 saturated heterocycles. The normalized spacial score (nSPS) is 15.4. The quantitative estimate of drug-likeness (QED) is 0.290. The second-order valence-electron chi connectivity index (χ2n) is 2.85. The molecule has 11 heteroatoms. The van der Waals surface area contributed by atoms with Crippen molar-refractivity contribution in [2.75, 3.05) is 0 Å². The molecule has 17 heavy (non-hydrogen) atoms. The third kappa shape index (κ3) is 3.57. The average Bonchev–Trinajstić information content (AvgIpc) is 2.11. The Balaban J connectivity index is 5.36. The summed E-state index contributed by atoms with van der Waals surface area (Å²) in [5.74, 6) is -6.32. The van der Waals surface area contributed by atoms with Gasteiger partial charge in [0.15, 0.2) is 0 Å². The Morgan fingerprint density at radius 2 is 1.76 bits per heavy atom. The Kier molecular flexibility index (Phi) is 4.34. The van der Waals surface area contributed by atoms with Crippen molar-refractivity contribution >= 4 is 17.9 Å². The van der Waals surface area contributed by atoms with Crippen LogP contribution in [0, 0.1) is 10.1 Å². The maximum absolute atomic E-state index is 10.6. The van der Waals surface area contributed by atoms with Crippen molar-refractivity contribution in [1.82, 2.24) is 0 Å². The van der Waals surface area contributed by atoms with E-state index in [1.807, 2.05) is 0 Å². The number of carbonyl (C=O) groups is 3. The van der Waals surface area contributed by atoms with Gasteiger partial charge in [0, 0.05) is 0 Å². The third-order valence-electron chi connectivity index (χ3n) is 1.64. The number of carboxylic acids is 3. The van der Waals surface area contributed by atoms with Crippen LogP contribution in [0.1, 0.15) is 6.42 Å². The number of rotatable bonds is 7. The number of carboxylic acid groups (broad SMARTS) is 3. The Bertz CT molecular complexity index is 364. The first-order valence-corrected chi connectivity index (χ1v) is 3.82. The van der Waals surface area contributed by atoms with E-state index in [1.165, 1.54) is 0 Å². The van der Waals surface area contributed by atoms with Crippen molar-refractivity contribution in [3.63, 3.8) is 0 Å². The fraction of sp³-hybridized carbons (Fsp3) is 0.500. The van der Waals surface area contributed by atoms with E-state index < -0.39 is 41.1 Å². The summed E-state index contributed by atoms with van der Waals surface area (Å²) in [5.41, 5.74) is -3.45. The molecule has 0 aliphatic carbocycles. The Morgan fingerprint density at radius 1 is 1.29 bits per heavy atom. The highest BCUT2D eigenvalue weighted by Gasteiger charge is 2.52. The van der Waals surface area contributed by atoms with Gasteiger partial charge in [-0.3, -0.25) is 9.63 Å². The molecule has 0 bridgehead atoms. The maximum Gasteiger partial charge on any atom is 0.339 e.